The fourth-order valence-corrected chi connectivity index (χ4v) is 11.0. The van der Waals surface area contributed by atoms with Gasteiger partial charge in [0.2, 0.25) is 0 Å². The van der Waals surface area contributed by atoms with Crippen molar-refractivity contribution in [3.63, 3.8) is 0 Å². The lowest BCUT2D eigenvalue weighted by molar-refractivity contribution is -0.232. The Hall–Kier alpha value is -0.870. The Morgan fingerprint density at radius 2 is 1.62 bits per heavy atom. The third kappa shape index (κ3) is 2.76. The van der Waals surface area contributed by atoms with E-state index in [9.17, 15) is 20.1 Å². The molecule has 0 radical (unpaired) electrons. The van der Waals surface area contributed by atoms with Crippen molar-refractivity contribution in [3.05, 3.63) is 11.6 Å². The molecule has 0 aliphatic heterocycles. The Labute approximate surface area is 206 Å². The number of hydrogen-bond donors (Lipinski definition) is 3. The van der Waals surface area contributed by atoms with Gasteiger partial charge in [0, 0.05) is 0 Å². The minimum absolute atomic E-state index is 0.00993. The highest BCUT2D eigenvalue weighted by Crippen LogP contribution is 2.75. The molecule has 11 atom stereocenters. The molecular formula is C30H48O4. The van der Waals surface area contributed by atoms with Gasteiger partial charge in [-0.2, -0.15) is 0 Å². The summed E-state index contributed by atoms with van der Waals surface area (Å²) < 4.78 is 0. The topological polar surface area (TPSA) is 77.8 Å². The van der Waals surface area contributed by atoms with Crippen LogP contribution in [0.4, 0.5) is 0 Å². The Balaban J connectivity index is 1.62. The number of aliphatic carboxylic acids is 1. The van der Waals surface area contributed by atoms with Gasteiger partial charge in [0.1, 0.15) is 0 Å². The van der Waals surface area contributed by atoms with E-state index < -0.39 is 23.6 Å². The van der Waals surface area contributed by atoms with Gasteiger partial charge in [-0.3, -0.25) is 4.79 Å². The van der Waals surface area contributed by atoms with Crippen molar-refractivity contribution in [3.8, 4) is 0 Å². The van der Waals surface area contributed by atoms with Crippen LogP contribution in [0.15, 0.2) is 11.6 Å². The minimum atomic E-state index is -0.679. The smallest absolute Gasteiger partial charge is 0.310 e. The number of rotatable bonds is 1. The number of hydrogen-bond acceptors (Lipinski definition) is 3. The molecule has 5 rings (SSSR count). The van der Waals surface area contributed by atoms with Crippen LogP contribution in [-0.4, -0.2) is 33.5 Å². The van der Waals surface area contributed by atoms with Crippen molar-refractivity contribution >= 4 is 5.97 Å². The highest BCUT2D eigenvalue weighted by atomic mass is 16.4. The molecule has 4 saturated carbocycles. The molecule has 0 aromatic carbocycles. The molecule has 34 heavy (non-hydrogen) atoms. The zero-order valence-corrected chi connectivity index (χ0v) is 22.5. The molecule has 0 saturated heterocycles. The van der Waals surface area contributed by atoms with Crippen LogP contribution in [0.5, 0.6) is 0 Å². The molecule has 0 amide bonds. The zero-order chi connectivity index (χ0) is 25.1. The van der Waals surface area contributed by atoms with Gasteiger partial charge in [-0.1, -0.05) is 60.1 Å². The standard InChI is InChI=1S/C30H48O4/c1-17-10-13-30(25(33)34)15-14-28(6)19(23(30)18(17)2)8-9-22-27(5)16-20(31)24(32)26(3,4)21(27)11-12-29(22,28)7/h8,17-18,20-24,31-32H,9-16H2,1-7H3,(H,33,34)/t17-,18+,20+,21?,22?,23+,24-,27+,28-,29-,30+/m1/s1. The van der Waals surface area contributed by atoms with Crippen LogP contribution < -0.4 is 0 Å². The van der Waals surface area contributed by atoms with Gasteiger partial charge in [-0.15, -0.1) is 0 Å². The fraction of sp³-hybridized carbons (Fsp3) is 0.900. The lowest BCUT2D eigenvalue weighted by Gasteiger charge is -2.71. The minimum Gasteiger partial charge on any atom is -0.481 e. The van der Waals surface area contributed by atoms with Gasteiger partial charge in [-0.05, 0) is 103 Å². The summed E-state index contributed by atoms with van der Waals surface area (Å²) in [5.74, 6) is 1.30. The van der Waals surface area contributed by atoms with Crippen molar-refractivity contribution in [1.82, 2.24) is 0 Å². The second-order valence-electron chi connectivity index (χ2n) is 14.6. The number of aliphatic hydroxyl groups is 2. The molecule has 2 unspecified atom stereocenters. The van der Waals surface area contributed by atoms with Crippen LogP contribution in [0.3, 0.4) is 0 Å². The lowest BCUT2D eigenvalue weighted by atomic mass is 9.33. The van der Waals surface area contributed by atoms with Crippen molar-refractivity contribution in [2.45, 2.75) is 112 Å². The first-order valence-corrected chi connectivity index (χ1v) is 14.0. The summed E-state index contributed by atoms with van der Waals surface area (Å²) >= 11 is 0. The Morgan fingerprint density at radius 3 is 2.26 bits per heavy atom. The quantitative estimate of drug-likeness (QED) is 0.405. The van der Waals surface area contributed by atoms with Gasteiger partial charge in [0.15, 0.2) is 0 Å². The number of carbonyl (C=O) groups is 1. The molecule has 4 nitrogen and oxygen atoms in total. The average molecular weight is 473 g/mol. The highest BCUT2D eigenvalue weighted by Gasteiger charge is 2.70. The molecule has 0 heterocycles. The summed E-state index contributed by atoms with van der Waals surface area (Å²) in [6.07, 6.45) is 8.53. The summed E-state index contributed by atoms with van der Waals surface area (Å²) in [5.41, 5.74) is 0.574. The molecule has 0 aromatic heterocycles. The van der Waals surface area contributed by atoms with Gasteiger partial charge < -0.3 is 15.3 Å². The van der Waals surface area contributed by atoms with Crippen LogP contribution in [0, 0.1) is 56.7 Å². The van der Waals surface area contributed by atoms with E-state index in [4.69, 9.17) is 0 Å². The number of aliphatic hydroxyl groups excluding tert-OH is 2. The summed E-state index contributed by atoms with van der Waals surface area (Å²) in [4.78, 5) is 12.8. The number of carboxylic acid groups (broad SMARTS) is 1. The van der Waals surface area contributed by atoms with Gasteiger partial charge in [0.25, 0.3) is 0 Å². The van der Waals surface area contributed by atoms with Crippen molar-refractivity contribution in [1.29, 1.82) is 0 Å². The maximum atomic E-state index is 12.8. The summed E-state index contributed by atoms with van der Waals surface area (Å²) in [6.45, 7) is 16.3. The number of fused-ring (bicyclic) bond motifs is 7. The second kappa shape index (κ2) is 7.34. The first-order chi connectivity index (χ1) is 15.7. The molecule has 0 bridgehead atoms. The van der Waals surface area contributed by atoms with Crippen LogP contribution in [0.25, 0.3) is 0 Å². The highest BCUT2D eigenvalue weighted by molar-refractivity contribution is 5.76. The van der Waals surface area contributed by atoms with Crippen LogP contribution >= 0.6 is 0 Å². The molecular weight excluding hydrogens is 424 g/mol. The van der Waals surface area contributed by atoms with Crippen molar-refractivity contribution in [2.75, 3.05) is 0 Å². The number of carboxylic acids is 1. The Morgan fingerprint density at radius 1 is 0.941 bits per heavy atom. The fourth-order valence-electron chi connectivity index (χ4n) is 11.0. The van der Waals surface area contributed by atoms with E-state index in [0.717, 1.165) is 44.9 Å². The summed E-state index contributed by atoms with van der Waals surface area (Å²) in [7, 11) is 0. The van der Waals surface area contributed by atoms with Crippen LogP contribution in [0.2, 0.25) is 0 Å². The maximum absolute atomic E-state index is 12.8. The predicted molar refractivity (Wildman–Crippen MR) is 134 cm³/mol. The SMILES string of the molecule is C[C@H]1[C@H](C)CC[C@]2(C(=O)O)CC[C@]3(C)C(=CCC4[C@@]5(C)C[C@H](O)[C@@H](O)C(C)(C)C5CC[C@]43C)[C@H]12. The molecule has 5 aliphatic carbocycles. The first-order valence-electron chi connectivity index (χ1n) is 14.0. The monoisotopic (exact) mass is 472 g/mol. The number of allylic oxidation sites excluding steroid dienone is 2. The summed E-state index contributed by atoms with van der Waals surface area (Å²) in [5, 5.41) is 32.4. The van der Waals surface area contributed by atoms with Crippen molar-refractivity contribution in [2.24, 2.45) is 56.7 Å². The van der Waals surface area contributed by atoms with E-state index in [-0.39, 0.29) is 27.6 Å². The second-order valence-corrected chi connectivity index (χ2v) is 14.6. The Bertz CT molecular complexity index is 907. The molecule has 4 fully saturated rings. The average Bonchev–Trinajstić information content (AvgIpc) is 2.75. The maximum Gasteiger partial charge on any atom is 0.310 e. The normalized spacial score (nSPS) is 56.3. The van der Waals surface area contributed by atoms with E-state index in [1.54, 1.807) is 0 Å². The lowest BCUT2D eigenvalue weighted by Crippen LogP contribution is -2.67. The third-order valence-corrected chi connectivity index (χ3v) is 13.4. The molecule has 3 N–H and O–H groups in total. The zero-order valence-electron chi connectivity index (χ0n) is 22.5. The molecule has 0 spiro atoms. The molecule has 5 aliphatic rings. The van der Waals surface area contributed by atoms with Crippen LogP contribution in [0.1, 0.15) is 99.8 Å². The summed E-state index contributed by atoms with van der Waals surface area (Å²) in [6, 6.07) is 0. The Kier molecular flexibility index (Phi) is 5.36. The van der Waals surface area contributed by atoms with Crippen LogP contribution in [-0.2, 0) is 4.79 Å². The van der Waals surface area contributed by atoms with E-state index in [1.807, 2.05) is 0 Å². The molecule has 0 aromatic rings. The van der Waals surface area contributed by atoms with E-state index in [0.29, 0.717) is 30.1 Å². The van der Waals surface area contributed by atoms with Gasteiger partial charge in [0.05, 0.1) is 17.6 Å². The third-order valence-electron chi connectivity index (χ3n) is 13.4. The van der Waals surface area contributed by atoms with Crippen molar-refractivity contribution < 1.29 is 20.1 Å². The predicted octanol–water partition coefficient (Wildman–Crippen LogP) is 6.06. The first kappa shape index (κ1) is 24.8. The molecule has 4 heteroatoms. The van der Waals surface area contributed by atoms with E-state index in [1.165, 1.54) is 5.57 Å². The van der Waals surface area contributed by atoms with Gasteiger partial charge in [-0.25, -0.2) is 0 Å². The van der Waals surface area contributed by atoms with E-state index >= 15 is 0 Å². The van der Waals surface area contributed by atoms with E-state index in [2.05, 4.69) is 54.5 Å². The van der Waals surface area contributed by atoms with Gasteiger partial charge >= 0.3 is 5.97 Å². The molecule has 192 valence electrons. The largest absolute Gasteiger partial charge is 0.481 e.